The monoisotopic (exact) mass is 375 g/mol. The van der Waals surface area contributed by atoms with Gasteiger partial charge in [-0.05, 0) is 61.1 Å². The number of hydrogen-bond acceptors (Lipinski definition) is 3. The fraction of sp³-hybridized carbons (Fsp3) is 0.304. The quantitative estimate of drug-likeness (QED) is 0.732. The molecule has 28 heavy (non-hydrogen) atoms. The van der Waals surface area contributed by atoms with Gasteiger partial charge in [-0.1, -0.05) is 30.3 Å². The highest BCUT2D eigenvalue weighted by atomic mass is 16.5. The van der Waals surface area contributed by atoms with E-state index in [1.165, 1.54) is 17.5 Å². The molecule has 0 fully saturated rings. The lowest BCUT2D eigenvalue weighted by Crippen LogP contribution is -2.30. The van der Waals surface area contributed by atoms with E-state index in [9.17, 15) is 4.79 Å². The molecule has 1 atom stereocenters. The van der Waals surface area contributed by atoms with Crippen LogP contribution < -0.4 is 10.1 Å². The van der Waals surface area contributed by atoms with Crippen LogP contribution in [0.5, 0.6) is 5.75 Å². The fourth-order valence-corrected chi connectivity index (χ4v) is 3.93. The molecule has 0 saturated carbocycles. The van der Waals surface area contributed by atoms with Crippen molar-refractivity contribution >= 4 is 5.91 Å². The summed E-state index contributed by atoms with van der Waals surface area (Å²) in [4.78, 5) is 12.6. The Bertz CT molecular complexity index is 993. The van der Waals surface area contributed by atoms with E-state index in [0.717, 1.165) is 29.8 Å². The number of methoxy groups -OCH3 is 1. The van der Waals surface area contributed by atoms with E-state index in [1.54, 1.807) is 24.1 Å². The molecule has 4 rings (SSSR count). The molecule has 0 spiro atoms. The molecular weight excluding hydrogens is 350 g/mol. The molecule has 1 amide bonds. The molecule has 2 aromatic carbocycles. The lowest BCUT2D eigenvalue weighted by Gasteiger charge is -2.25. The summed E-state index contributed by atoms with van der Waals surface area (Å²) in [7, 11) is 1.63. The number of carbonyl (C=O) groups is 1. The standard InChI is InChI=1S/C23H25N3O2/c1-16-10-11-22(28-2)21(14-16)26-13-12-20(25-26)23(27)24-15-18-8-5-7-17-6-3-4-9-19(17)18/h3-4,6,9-14,18H,5,7-8,15H2,1-2H3,(H,24,27)/t18-/m1/s1. The van der Waals surface area contributed by atoms with Crippen LogP contribution in [0.15, 0.2) is 54.7 Å². The molecule has 1 heterocycles. The number of aryl methyl sites for hydroxylation is 2. The van der Waals surface area contributed by atoms with Crippen LogP contribution in [0.2, 0.25) is 0 Å². The van der Waals surface area contributed by atoms with E-state index in [2.05, 4.69) is 34.7 Å². The van der Waals surface area contributed by atoms with Crippen LogP contribution in [0.4, 0.5) is 0 Å². The number of aromatic nitrogens is 2. The lowest BCUT2D eigenvalue weighted by atomic mass is 9.83. The molecule has 3 aromatic rings. The normalized spacial score (nSPS) is 15.7. The number of amides is 1. The summed E-state index contributed by atoms with van der Waals surface area (Å²) in [5, 5.41) is 7.53. The molecule has 1 aliphatic carbocycles. The maximum atomic E-state index is 12.6. The first-order valence-corrected chi connectivity index (χ1v) is 9.72. The van der Waals surface area contributed by atoms with Crippen molar-refractivity contribution in [2.45, 2.75) is 32.1 Å². The highest BCUT2D eigenvalue weighted by molar-refractivity contribution is 5.92. The predicted octanol–water partition coefficient (Wildman–Crippen LogP) is 4.04. The fourth-order valence-electron chi connectivity index (χ4n) is 3.93. The van der Waals surface area contributed by atoms with E-state index >= 15 is 0 Å². The number of nitrogens with one attached hydrogen (secondary N) is 1. The number of hydrogen-bond donors (Lipinski definition) is 1. The Labute approximate surface area is 165 Å². The first-order chi connectivity index (χ1) is 13.7. The van der Waals surface area contributed by atoms with Crippen LogP contribution in [-0.2, 0) is 6.42 Å². The number of benzene rings is 2. The smallest absolute Gasteiger partial charge is 0.271 e. The SMILES string of the molecule is COc1ccc(C)cc1-n1ccc(C(=O)NC[C@H]2CCCc3ccccc32)n1. The zero-order chi connectivity index (χ0) is 19.5. The second-order valence-electron chi connectivity index (χ2n) is 7.32. The number of fused-ring (bicyclic) bond motifs is 1. The van der Waals surface area contributed by atoms with Gasteiger partial charge in [0, 0.05) is 18.7 Å². The van der Waals surface area contributed by atoms with Crippen molar-refractivity contribution in [3.05, 3.63) is 77.1 Å². The topological polar surface area (TPSA) is 56.1 Å². The molecular formula is C23H25N3O2. The Balaban J connectivity index is 1.47. The maximum absolute atomic E-state index is 12.6. The Morgan fingerprint density at radius 1 is 1.25 bits per heavy atom. The molecule has 1 N–H and O–H groups in total. The summed E-state index contributed by atoms with van der Waals surface area (Å²) in [6, 6.07) is 16.2. The van der Waals surface area contributed by atoms with Gasteiger partial charge in [-0.2, -0.15) is 5.10 Å². The van der Waals surface area contributed by atoms with E-state index in [4.69, 9.17) is 4.74 Å². The third-order valence-electron chi connectivity index (χ3n) is 5.41. The largest absolute Gasteiger partial charge is 0.494 e. The van der Waals surface area contributed by atoms with E-state index in [1.807, 2.05) is 25.1 Å². The minimum absolute atomic E-state index is 0.145. The molecule has 1 aromatic heterocycles. The second kappa shape index (κ2) is 7.89. The van der Waals surface area contributed by atoms with Crippen molar-refractivity contribution in [2.75, 3.05) is 13.7 Å². The first kappa shape index (κ1) is 18.3. The number of rotatable bonds is 5. The zero-order valence-electron chi connectivity index (χ0n) is 16.3. The molecule has 5 nitrogen and oxygen atoms in total. The molecule has 1 aliphatic rings. The molecule has 0 bridgehead atoms. The Morgan fingerprint density at radius 2 is 2.11 bits per heavy atom. The average molecular weight is 375 g/mol. The van der Waals surface area contributed by atoms with Gasteiger partial charge in [-0.3, -0.25) is 4.79 Å². The van der Waals surface area contributed by atoms with Crippen molar-refractivity contribution in [3.8, 4) is 11.4 Å². The molecule has 5 heteroatoms. The van der Waals surface area contributed by atoms with Gasteiger partial charge in [0.15, 0.2) is 5.69 Å². The van der Waals surface area contributed by atoms with Crippen LogP contribution in [0.25, 0.3) is 5.69 Å². The molecule has 144 valence electrons. The summed E-state index contributed by atoms with van der Waals surface area (Å²) < 4.78 is 7.11. The summed E-state index contributed by atoms with van der Waals surface area (Å²) in [6.07, 6.45) is 5.19. The highest BCUT2D eigenvalue weighted by Gasteiger charge is 2.21. The van der Waals surface area contributed by atoms with Gasteiger partial charge in [0.05, 0.1) is 7.11 Å². The minimum atomic E-state index is -0.145. The minimum Gasteiger partial charge on any atom is -0.494 e. The van der Waals surface area contributed by atoms with Gasteiger partial charge in [-0.25, -0.2) is 4.68 Å². The van der Waals surface area contributed by atoms with Crippen LogP contribution >= 0.6 is 0 Å². The Kier molecular flexibility index (Phi) is 5.15. The number of nitrogens with zero attached hydrogens (tertiary/aromatic N) is 2. The summed E-state index contributed by atoms with van der Waals surface area (Å²) in [6.45, 7) is 2.65. The van der Waals surface area contributed by atoms with Crippen molar-refractivity contribution < 1.29 is 9.53 Å². The van der Waals surface area contributed by atoms with Crippen LogP contribution in [0, 0.1) is 6.92 Å². The summed E-state index contributed by atoms with van der Waals surface area (Å²) in [5.41, 5.74) is 5.11. The Hall–Kier alpha value is -3.08. The maximum Gasteiger partial charge on any atom is 0.271 e. The molecule has 0 saturated heterocycles. The predicted molar refractivity (Wildman–Crippen MR) is 109 cm³/mol. The summed E-state index contributed by atoms with van der Waals surface area (Å²) >= 11 is 0. The van der Waals surface area contributed by atoms with Crippen molar-refractivity contribution in [1.29, 1.82) is 0 Å². The lowest BCUT2D eigenvalue weighted by molar-refractivity contribution is 0.0945. The third kappa shape index (κ3) is 3.65. The van der Waals surface area contributed by atoms with Crippen LogP contribution in [-0.4, -0.2) is 29.3 Å². The second-order valence-corrected chi connectivity index (χ2v) is 7.32. The average Bonchev–Trinajstić information content (AvgIpc) is 3.22. The van der Waals surface area contributed by atoms with E-state index in [0.29, 0.717) is 18.2 Å². The molecule has 0 unspecified atom stereocenters. The van der Waals surface area contributed by atoms with E-state index in [-0.39, 0.29) is 5.91 Å². The van der Waals surface area contributed by atoms with Crippen LogP contribution in [0.3, 0.4) is 0 Å². The summed E-state index contributed by atoms with van der Waals surface area (Å²) in [5.74, 6) is 0.945. The third-order valence-corrected chi connectivity index (χ3v) is 5.41. The van der Waals surface area contributed by atoms with Gasteiger partial charge in [0.25, 0.3) is 5.91 Å². The van der Waals surface area contributed by atoms with Gasteiger partial charge in [0.1, 0.15) is 11.4 Å². The van der Waals surface area contributed by atoms with Crippen molar-refractivity contribution in [1.82, 2.24) is 15.1 Å². The van der Waals surface area contributed by atoms with Gasteiger partial charge in [-0.15, -0.1) is 0 Å². The number of carbonyl (C=O) groups excluding carboxylic acids is 1. The molecule has 0 aliphatic heterocycles. The zero-order valence-corrected chi connectivity index (χ0v) is 16.3. The van der Waals surface area contributed by atoms with Gasteiger partial charge < -0.3 is 10.1 Å². The van der Waals surface area contributed by atoms with Gasteiger partial charge in [0.2, 0.25) is 0 Å². The molecule has 0 radical (unpaired) electrons. The van der Waals surface area contributed by atoms with Gasteiger partial charge >= 0.3 is 0 Å². The number of ether oxygens (including phenoxy) is 1. The van der Waals surface area contributed by atoms with Crippen LogP contribution in [0.1, 0.15) is 45.9 Å². The Morgan fingerprint density at radius 3 is 2.96 bits per heavy atom. The van der Waals surface area contributed by atoms with Crippen molar-refractivity contribution in [2.24, 2.45) is 0 Å². The highest BCUT2D eigenvalue weighted by Crippen LogP contribution is 2.31. The first-order valence-electron chi connectivity index (χ1n) is 9.72. The van der Waals surface area contributed by atoms with Crippen molar-refractivity contribution in [3.63, 3.8) is 0 Å². The van der Waals surface area contributed by atoms with E-state index < -0.39 is 0 Å².